The summed E-state index contributed by atoms with van der Waals surface area (Å²) in [5.74, 6) is -0.164. The quantitative estimate of drug-likeness (QED) is 0.0651. The third kappa shape index (κ3) is 44.8. The van der Waals surface area contributed by atoms with Gasteiger partial charge >= 0.3 is 12.1 Å². The van der Waals surface area contributed by atoms with Crippen LogP contribution in [0.2, 0.25) is 0 Å². The molecule has 0 aromatic rings. The van der Waals surface area contributed by atoms with Crippen molar-refractivity contribution < 1.29 is 75.9 Å². The lowest BCUT2D eigenvalue weighted by Crippen LogP contribution is -2.36. The van der Waals surface area contributed by atoms with Crippen molar-refractivity contribution in [2.45, 2.75) is 59.0 Å². The van der Waals surface area contributed by atoms with E-state index in [-0.39, 0.29) is 18.7 Å². The lowest BCUT2D eigenvalue weighted by atomic mass is 10.2. The highest BCUT2D eigenvalue weighted by molar-refractivity contribution is 5.69. The number of carbonyl (C=O) groups is 2. The number of unbranched alkanes of at least 4 members (excludes halogenated alkanes) is 2. The van der Waals surface area contributed by atoms with Gasteiger partial charge in [-0.2, -0.15) is 0 Å². The van der Waals surface area contributed by atoms with E-state index in [0.717, 1.165) is 19.3 Å². The fraction of sp³-hybridized carbons (Fsp3) is 0.947. The van der Waals surface area contributed by atoms with Gasteiger partial charge in [0.1, 0.15) is 12.2 Å². The summed E-state index contributed by atoms with van der Waals surface area (Å²) in [6.45, 7) is 19.6. The number of rotatable bonds is 43. The predicted octanol–water partition coefficient (Wildman–Crippen LogP) is 3.18. The van der Waals surface area contributed by atoms with Crippen molar-refractivity contribution in [1.29, 1.82) is 0 Å². The molecule has 0 rings (SSSR count). The minimum absolute atomic E-state index is 0.164. The van der Waals surface area contributed by atoms with Crippen molar-refractivity contribution in [3.05, 3.63) is 0 Å². The molecule has 0 atom stereocenters. The normalized spacial score (nSPS) is 11.7. The maximum absolute atomic E-state index is 11.9. The van der Waals surface area contributed by atoms with Crippen LogP contribution in [0, 0.1) is 0 Å². The third-order valence-electron chi connectivity index (χ3n) is 6.84. The zero-order valence-corrected chi connectivity index (χ0v) is 34.7. The molecular weight excluding hydrogens is 726 g/mol. The smallest absolute Gasteiger partial charge is 0.410 e. The number of carbonyl (C=O) groups excluding carboxylic acids is 2. The summed E-state index contributed by atoms with van der Waals surface area (Å²) in [7, 11) is 1.68. The number of nitrogens with zero attached hydrogens (tertiary/aromatic N) is 1. The number of ether oxygens (including phenoxy) is 14. The van der Waals surface area contributed by atoms with E-state index >= 15 is 0 Å². The summed E-state index contributed by atoms with van der Waals surface area (Å²) in [4.78, 5) is 24.8. The molecule has 0 heterocycles. The molecule has 1 amide bonds. The summed E-state index contributed by atoms with van der Waals surface area (Å²) in [6.07, 6.45) is 3.11. The Morgan fingerprint density at radius 3 is 0.964 bits per heavy atom. The number of amides is 1. The van der Waals surface area contributed by atoms with Crippen molar-refractivity contribution in [1.82, 2.24) is 4.90 Å². The Labute approximate surface area is 330 Å². The van der Waals surface area contributed by atoms with Crippen LogP contribution in [0.25, 0.3) is 0 Å². The minimum Gasteiger partial charge on any atom is -0.463 e. The van der Waals surface area contributed by atoms with E-state index in [0.29, 0.717) is 172 Å². The highest BCUT2D eigenvalue weighted by Gasteiger charge is 2.19. The maximum atomic E-state index is 11.9. The molecule has 0 saturated heterocycles. The van der Waals surface area contributed by atoms with Gasteiger partial charge in [0.25, 0.3) is 0 Å². The molecule has 328 valence electrons. The molecule has 0 spiro atoms. The van der Waals surface area contributed by atoms with E-state index in [9.17, 15) is 9.59 Å². The molecule has 0 aromatic heterocycles. The Balaban J connectivity index is 3.15. The van der Waals surface area contributed by atoms with Crippen molar-refractivity contribution in [2.75, 3.05) is 179 Å². The van der Waals surface area contributed by atoms with E-state index < -0.39 is 5.60 Å². The first-order valence-corrected chi connectivity index (χ1v) is 19.8. The highest BCUT2D eigenvalue weighted by atomic mass is 16.6. The largest absolute Gasteiger partial charge is 0.463 e. The SMILES string of the molecule is CCCCCC(=O)OCCOCCOCCOCCOCCOCCOCCOCCOCCOCCOCCOCCOCCN(C)C(=O)OC(C)(C)C. The summed E-state index contributed by atoms with van der Waals surface area (Å²) in [5, 5.41) is 0. The van der Waals surface area contributed by atoms with Crippen molar-refractivity contribution in [3.63, 3.8) is 0 Å². The van der Waals surface area contributed by atoms with Gasteiger partial charge in [-0.25, -0.2) is 4.79 Å². The van der Waals surface area contributed by atoms with Crippen LogP contribution in [0.15, 0.2) is 0 Å². The predicted molar refractivity (Wildman–Crippen MR) is 204 cm³/mol. The van der Waals surface area contributed by atoms with Gasteiger partial charge in [0.2, 0.25) is 0 Å². The molecule has 0 bridgehead atoms. The number of hydrogen-bond acceptors (Lipinski definition) is 16. The summed E-state index contributed by atoms with van der Waals surface area (Å²) in [5.41, 5.74) is -0.514. The van der Waals surface area contributed by atoms with E-state index in [1.54, 1.807) is 7.05 Å². The average Bonchev–Trinajstić information content (AvgIpc) is 3.15. The van der Waals surface area contributed by atoms with Crippen molar-refractivity contribution >= 4 is 12.1 Å². The molecule has 0 aliphatic carbocycles. The van der Waals surface area contributed by atoms with Crippen molar-refractivity contribution in [2.24, 2.45) is 0 Å². The van der Waals surface area contributed by atoms with E-state index in [1.165, 1.54) is 4.90 Å². The topological polar surface area (TPSA) is 167 Å². The maximum Gasteiger partial charge on any atom is 0.410 e. The fourth-order valence-corrected chi connectivity index (χ4v) is 3.96. The highest BCUT2D eigenvalue weighted by Crippen LogP contribution is 2.08. The Morgan fingerprint density at radius 1 is 0.418 bits per heavy atom. The Hall–Kier alpha value is -1.74. The van der Waals surface area contributed by atoms with E-state index in [1.807, 2.05) is 20.8 Å². The van der Waals surface area contributed by atoms with E-state index in [2.05, 4.69) is 6.92 Å². The first-order valence-electron chi connectivity index (χ1n) is 19.8. The van der Waals surface area contributed by atoms with Crippen LogP contribution < -0.4 is 0 Å². The van der Waals surface area contributed by atoms with Gasteiger partial charge in [-0.05, 0) is 27.2 Å². The molecule has 0 aromatic carbocycles. The Morgan fingerprint density at radius 2 is 0.691 bits per heavy atom. The lowest BCUT2D eigenvalue weighted by molar-refractivity contribution is -0.145. The van der Waals surface area contributed by atoms with Crippen LogP contribution in [-0.2, 0) is 71.1 Å². The Bertz CT molecular complexity index is 820. The molecule has 0 N–H and O–H groups in total. The molecule has 0 unspecified atom stereocenters. The second-order valence-electron chi connectivity index (χ2n) is 12.9. The van der Waals surface area contributed by atoms with Gasteiger partial charge in [0, 0.05) is 20.0 Å². The second kappa shape index (κ2) is 41.9. The van der Waals surface area contributed by atoms with Crippen molar-refractivity contribution in [3.8, 4) is 0 Å². The molecule has 0 radical (unpaired) electrons. The molecule has 17 nitrogen and oxygen atoms in total. The van der Waals surface area contributed by atoms with Gasteiger partial charge in [-0.1, -0.05) is 19.8 Å². The van der Waals surface area contributed by atoms with Gasteiger partial charge in [0.15, 0.2) is 0 Å². The summed E-state index contributed by atoms with van der Waals surface area (Å²) >= 11 is 0. The molecule has 0 saturated carbocycles. The second-order valence-corrected chi connectivity index (χ2v) is 12.9. The van der Waals surface area contributed by atoms with Crippen LogP contribution >= 0.6 is 0 Å². The number of esters is 1. The van der Waals surface area contributed by atoms with Gasteiger partial charge in [-0.3, -0.25) is 4.79 Å². The van der Waals surface area contributed by atoms with Crippen LogP contribution in [0.1, 0.15) is 53.4 Å². The van der Waals surface area contributed by atoms with E-state index in [4.69, 9.17) is 66.3 Å². The summed E-state index contributed by atoms with van der Waals surface area (Å²) < 4.78 is 76.0. The standard InChI is InChI=1S/C38H75NO16/c1-6-7-8-9-36(40)54-35-34-53-33-32-52-31-30-51-29-28-50-27-26-49-25-24-48-23-22-47-21-20-46-19-18-45-17-16-44-15-14-43-13-12-42-11-10-39(5)37(41)55-38(2,3)4/h6-35H2,1-5H3. The number of hydrogen-bond donors (Lipinski definition) is 0. The molecule has 17 heteroatoms. The molecule has 0 aliphatic heterocycles. The zero-order valence-electron chi connectivity index (χ0n) is 34.7. The average molecular weight is 802 g/mol. The first kappa shape index (κ1) is 53.3. The third-order valence-corrected chi connectivity index (χ3v) is 6.84. The van der Waals surface area contributed by atoms with Crippen LogP contribution in [0.3, 0.4) is 0 Å². The number of likely N-dealkylation sites (N-methyl/N-ethyl adjacent to an activating group) is 1. The van der Waals surface area contributed by atoms with Crippen LogP contribution in [0.4, 0.5) is 4.79 Å². The first-order chi connectivity index (χ1) is 26.8. The monoisotopic (exact) mass is 802 g/mol. The fourth-order valence-electron chi connectivity index (χ4n) is 3.96. The van der Waals surface area contributed by atoms with Gasteiger partial charge in [-0.15, -0.1) is 0 Å². The zero-order chi connectivity index (χ0) is 40.3. The summed E-state index contributed by atoms with van der Waals surface area (Å²) in [6, 6.07) is 0. The Kier molecular flexibility index (Phi) is 40.6. The van der Waals surface area contributed by atoms with Gasteiger partial charge in [0.05, 0.1) is 159 Å². The lowest BCUT2D eigenvalue weighted by Gasteiger charge is -2.24. The van der Waals surface area contributed by atoms with Crippen LogP contribution in [0.5, 0.6) is 0 Å². The molecule has 0 aliphatic rings. The minimum atomic E-state index is -0.514. The molecular formula is C38H75NO16. The van der Waals surface area contributed by atoms with Gasteiger partial charge < -0.3 is 71.2 Å². The molecule has 0 fully saturated rings. The molecule has 55 heavy (non-hydrogen) atoms. The van der Waals surface area contributed by atoms with Crippen LogP contribution in [-0.4, -0.2) is 201 Å².